The van der Waals surface area contributed by atoms with E-state index in [1.807, 2.05) is 42.1 Å². The van der Waals surface area contributed by atoms with Crippen LogP contribution >= 0.6 is 0 Å². The molecule has 0 aromatic carbocycles. The van der Waals surface area contributed by atoms with Crippen molar-refractivity contribution in [2.24, 2.45) is 0 Å². The van der Waals surface area contributed by atoms with Gasteiger partial charge in [-0.05, 0) is 25.0 Å². The number of hydrogen-bond donors (Lipinski definition) is 1. The Hall–Kier alpha value is -3.03. The lowest BCUT2D eigenvalue weighted by atomic mass is 10.0. The number of rotatable bonds is 4. The number of carbonyl (C=O) groups excluding carboxylic acids is 2. The summed E-state index contributed by atoms with van der Waals surface area (Å²) in [7, 11) is 3.93. The lowest BCUT2D eigenvalue weighted by Gasteiger charge is -2.31. The molecule has 8 heteroatoms. The number of anilines is 1. The van der Waals surface area contributed by atoms with Crippen molar-refractivity contribution in [3.8, 4) is 11.5 Å². The van der Waals surface area contributed by atoms with Crippen molar-refractivity contribution < 1.29 is 9.59 Å². The third kappa shape index (κ3) is 3.67. The zero-order chi connectivity index (χ0) is 19.7. The molecule has 2 amide bonds. The Bertz CT molecular complexity index is 899. The zero-order valence-electron chi connectivity index (χ0n) is 16.2. The number of carbonyl (C=O) groups is 2. The molecule has 146 valence electrons. The molecule has 2 aliphatic rings. The molecule has 1 atom stereocenters. The first-order valence-electron chi connectivity index (χ1n) is 9.57. The topological polar surface area (TPSA) is 91.3 Å². The van der Waals surface area contributed by atoms with Crippen molar-refractivity contribution in [1.82, 2.24) is 25.2 Å². The second-order valence-electron chi connectivity index (χ2n) is 7.48. The van der Waals surface area contributed by atoms with Gasteiger partial charge in [-0.25, -0.2) is 9.97 Å². The smallest absolute Gasteiger partial charge is 0.224 e. The average molecular weight is 380 g/mol. The Kier molecular flexibility index (Phi) is 4.93. The minimum absolute atomic E-state index is 0.0326. The number of aromatic nitrogens is 3. The lowest BCUT2D eigenvalue weighted by Crippen LogP contribution is -2.40. The van der Waals surface area contributed by atoms with Gasteiger partial charge in [-0.2, -0.15) is 0 Å². The number of nitrogens with zero attached hydrogens (tertiary/aromatic N) is 5. The number of hydrogen-bond acceptors (Lipinski definition) is 6. The predicted octanol–water partition coefficient (Wildman–Crippen LogP) is 1.16. The van der Waals surface area contributed by atoms with Gasteiger partial charge in [0.2, 0.25) is 11.8 Å². The number of nitrogens with one attached hydrogen (secondary N) is 1. The van der Waals surface area contributed by atoms with Crippen molar-refractivity contribution in [2.45, 2.75) is 38.3 Å². The van der Waals surface area contributed by atoms with E-state index in [0.717, 1.165) is 23.5 Å². The van der Waals surface area contributed by atoms with Crippen LogP contribution in [0.4, 0.5) is 5.82 Å². The molecule has 8 nitrogen and oxygen atoms in total. The molecule has 2 aliphatic heterocycles. The van der Waals surface area contributed by atoms with Crippen molar-refractivity contribution in [2.75, 3.05) is 25.5 Å². The molecule has 0 spiro atoms. The highest BCUT2D eigenvalue weighted by Crippen LogP contribution is 2.28. The van der Waals surface area contributed by atoms with Crippen LogP contribution in [0.2, 0.25) is 0 Å². The zero-order valence-corrected chi connectivity index (χ0v) is 16.2. The van der Waals surface area contributed by atoms with Crippen LogP contribution < -0.4 is 10.2 Å². The molecular weight excluding hydrogens is 356 g/mol. The van der Waals surface area contributed by atoms with Crippen molar-refractivity contribution in [3.63, 3.8) is 0 Å². The molecule has 1 N–H and O–H groups in total. The normalized spacial score (nSPS) is 18.6. The Balaban J connectivity index is 1.59. The molecule has 0 bridgehead atoms. The Labute approximate surface area is 164 Å². The molecule has 0 saturated carbocycles. The monoisotopic (exact) mass is 380 g/mol. The first-order valence-corrected chi connectivity index (χ1v) is 9.57. The SMILES string of the molecule is CN(C)c1nc(-c2ccccn2)nc2c1CCN(C(=O)C[C@H]1CCC(=O)N1)C2. The molecule has 4 heterocycles. The molecular formula is C20H24N6O2. The summed E-state index contributed by atoms with van der Waals surface area (Å²) in [5.41, 5.74) is 2.67. The van der Waals surface area contributed by atoms with Gasteiger partial charge >= 0.3 is 0 Å². The molecule has 28 heavy (non-hydrogen) atoms. The third-order valence-electron chi connectivity index (χ3n) is 5.22. The molecule has 2 aromatic heterocycles. The summed E-state index contributed by atoms with van der Waals surface area (Å²) in [5.74, 6) is 1.54. The van der Waals surface area contributed by atoms with Crippen LogP contribution in [0, 0.1) is 0 Å². The Morgan fingerprint density at radius 1 is 1.29 bits per heavy atom. The summed E-state index contributed by atoms with van der Waals surface area (Å²) >= 11 is 0. The van der Waals surface area contributed by atoms with Gasteiger partial charge < -0.3 is 15.1 Å². The lowest BCUT2D eigenvalue weighted by molar-refractivity contribution is -0.132. The maximum atomic E-state index is 12.8. The third-order valence-corrected chi connectivity index (χ3v) is 5.22. The van der Waals surface area contributed by atoms with Crippen molar-refractivity contribution >= 4 is 17.6 Å². The van der Waals surface area contributed by atoms with E-state index in [4.69, 9.17) is 9.97 Å². The van der Waals surface area contributed by atoms with Crippen LogP contribution in [0.15, 0.2) is 24.4 Å². The minimum Gasteiger partial charge on any atom is -0.362 e. The fourth-order valence-corrected chi connectivity index (χ4v) is 3.77. The van der Waals surface area contributed by atoms with E-state index < -0.39 is 0 Å². The Morgan fingerprint density at radius 3 is 2.82 bits per heavy atom. The Morgan fingerprint density at radius 2 is 2.14 bits per heavy atom. The molecule has 4 rings (SSSR count). The van der Waals surface area contributed by atoms with Gasteiger partial charge in [0.1, 0.15) is 11.5 Å². The second kappa shape index (κ2) is 7.53. The predicted molar refractivity (Wildman–Crippen MR) is 104 cm³/mol. The van der Waals surface area contributed by atoms with E-state index in [0.29, 0.717) is 43.9 Å². The first kappa shape index (κ1) is 18.3. The van der Waals surface area contributed by atoms with Crippen LogP contribution in [-0.4, -0.2) is 58.3 Å². The van der Waals surface area contributed by atoms with Crippen LogP contribution in [0.1, 0.15) is 30.5 Å². The maximum Gasteiger partial charge on any atom is 0.224 e. The van der Waals surface area contributed by atoms with Gasteiger partial charge in [-0.3, -0.25) is 14.6 Å². The highest BCUT2D eigenvalue weighted by atomic mass is 16.2. The van der Waals surface area contributed by atoms with E-state index in [9.17, 15) is 9.59 Å². The standard InChI is InChI=1S/C20H24N6O2/c1-25(2)20-14-8-10-26(18(28)11-13-6-7-17(27)22-13)12-16(14)23-19(24-20)15-5-3-4-9-21-15/h3-5,9,13H,6-8,10-12H2,1-2H3,(H,22,27)/t13-/m1/s1. The highest BCUT2D eigenvalue weighted by molar-refractivity contribution is 5.82. The largest absolute Gasteiger partial charge is 0.362 e. The molecule has 0 aliphatic carbocycles. The van der Waals surface area contributed by atoms with Crippen LogP contribution in [0.3, 0.4) is 0 Å². The summed E-state index contributed by atoms with van der Waals surface area (Å²) in [5, 5.41) is 2.87. The number of pyridine rings is 1. The van der Waals surface area contributed by atoms with Crippen LogP contribution in [0.25, 0.3) is 11.5 Å². The van der Waals surface area contributed by atoms with E-state index in [1.54, 1.807) is 6.20 Å². The summed E-state index contributed by atoms with van der Waals surface area (Å²) in [6.45, 7) is 1.09. The average Bonchev–Trinajstić information content (AvgIpc) is 3.11. The minimum atomic E-state index is -0.0480. The van der Waals surface area contributed by atoms with Gasteiger partial charge in [-0.15, -0.1) is 0 Å². The molecule has 0 radical (unpaired) electrons. The molecule has 2 aromatic rings. The first-order chi connectivity index (χ1) is 13.5. The maximum absolute atomic E-state index is 12.8. The summed E-state index contributed by atoms with van der Waals surface area (Å²) in [6, 6.07) is 5.60. The van der Waals surface area contributed by atoms with Crippen LogP contribution in [0.5, 0.6) is 0 Å². The number of fused-ring (bicyclic) bond motifs is 1. The second-order valence-corrected chi connectivity index (χ2v) is 7.48. The van der Waals surface area contributed by atoms with E-state index >= 15 is 0 Å². The molecule has 0 unspecified atom stereocenters. The highest BCUT2D eigenvalue weighted by Gasteiger charge is 2.29. The van der Waals surface area contributed by atoms with Crippen molar-refractivity contribution in [3.05, 3.63) is 35.7 Å². The quantitative estimate of drug-likeness (QED) is 0.856. The fourth-order valence-electron chi connectivity index (χ4n) is 3.77. The van der Waals surface area contributed by atoms with E-state index in [2.05, 4.69) is 10.3 Å². The number of amides is 2. The molecule has 1 saturated heterocycles. The van der Waals surface area contributed by atoms with Gasteiger partial charge in [0.25, 0.3) is 0 Å². The van der Waals surface area contributed by atoms with Gasteiger partial charge in [-0.1, -0.05) is 6.07 Å². The van der Waals surface area contributed by atoms with Gasteiger partial charge in [0, 0.05) is 51.3 Å². The summed E-state index contributed by atoms with van der Waals surface area (Å²) in [4.78, 5) is 41.8. The molecule has 1 fully saturated rings. The van der Waals surface area contributed by atoms with Crippen molar-refractivity contribution in [1.29, 1.82) is 0 Å². The van der Waals surface area contributed by atoms with E-state index in [1.165, 1.54) is 0 Å². The van der Waals surface area contributed by atoms with E-state index in [-0.39, 0.29) is 17.9 Å². The summed E-state index contributed by atoms with van der Waals surface area (Å²) < 4.78 is 0. The summed E-state index contributed by atoms with van der Waals surface area (Å²) in [6.07, 6.45) is 4.02. The van der Waals surface area contributed by atoms with Gasteiger partial charge in [0.15, 0.2) is 5.82 Å². The van der Waals surface area contributed by atoms with Gasteiger partial charge in [0.05, 0.1) is 12.2 Å². The van der Waals surface area contributed by atoms with Crippen LogP contribution in [-0.2, 0) is 22.6 Å². The fraction of sp³-hybridized carbons (Fsp3) is 0.450.